The Morgan fingerprint density at radius 3 is 2.09 bits per heavy atom. The highest BCUT2D eigenvalue weighted by molar-refractivity contribution is 5.94. The third-order valence-corrected chi connectivity index (χ3v) is 12.2. The van der Waals surface area contributed by atoms with Crippen LogP contribution in [0.4, 0.5) is 0 Å². The molecule has 22 nitrogen and oxygen atoms in total. The van der Waals surface area contributed by atoms with Gasteiger partial charge in [-0.3, -0.25) is 48.1 Å². The van der Waals surface area contributed by atoms with E-state index < -0.39 is 53.6 Å². The van der Waals surface area contributed by atoms with Crippen molar-refractivity contribution in [1.29, 1.82) is 0 Å². The van der Waals surface area contributed by atoms with E-state index in [0.29, 0.717) is 71.1 Å². The number of pyridine rings is 1. The summed E-state index contributed by atoms with van der Waals surface area (Å²) in [6, 6.07) is 21.4. The number of hydrogen-bond donors (Lipinski definition) is 9. The average molecular weight is 1080 g/mol. The second-order valence-electron chi connectivity index (χ2n) is 19.3. The summed E-state index contributed by atoms with van der Waals surface area (Å²) in [6.07, 6.45) is 7.49. The Bertz CT molecular complexity index is 2580. The Morgan fingerprint density at radius 1 is 0.795 bits per heavy atom. The van der Waals surface area contributed by atoms with Crippen molar-refractivity contribution in [3.05, 3.63) is 107 Å². The van der Waals surface area contributed by atoms with Crippen molar-refractivity contribution in [3.63, 3.8) is 0 Å². The van der Waals surface area contributed by atoms with Gasteiger partial charge >= 0.3 is 0 Å². The fourth-order valence-electron chi connectivity index (χ4n) is 8.25. The van der Waals surface area contributed by atoms with Crippen molar-refractivity contribution in [2.45, 2.75) is 121 Å². The van der Waals surface area contributed by atoms with Gasteiger partial charge in [-0.15, -0.1) is 0 Å². The Balaban J connectivity index is 0.000000572. The lowest BCUT2D eigenvalue weighted by molar-refractivity contribution is -0.138. The van der Waals surface area contributed by atoms with E-state index in [-0.39, 0.29) is 69.2 Å². The van der Waals surface area contributed by atoms with Crippen LogP contribution in [0.2, 0.25) is 0 Å². The van der Waals surface area contributed by atoms with Gasteiger partial charge in [0.15, 0.2) is 0 Å². The van der Waals surface area contributed by atoms with Crippen molar-refractivity contribution >= 4 is 64.4 Å². The number of rotatable bonds is 29. The van der Waals surface area contributed by atoms with Crippen LogP contribution in [0.25, 0.3) is 10.8 Å². The maximum absolute atomic E-state index is 14.1. The first-order valence-corrected chi connectivity index (χ1v) is 26.0. The van der Waals surface area contributed by atoms with Crippen LogP contribution in [0.3, 0.4) is 0 Å². The molecule has 78 heavy (non-hydrogen) atoms. The Labute approximate surface area is 456 Å². The molecule has 3 aromatic carbocycles. The largest absolute Gasteiger partial charge is 0.492 e. The molecule has 13 N–H and O–H groups in total. The van der Waals surface area contributed by atoms with E-state index in [1.165, 1.54) is 24.4 Å². The molecule has 2 unspecified atom stereocenters. The Morgan fingerprint density at radius 2 is 1.47 bits per heavy atom. The highest BCUT2D eigenvalue weighted by atomic mass is 16.5. The second-order valence-corrected chi connectivity index (χ2v) is 19.3. The molecule has 0 aliphatic carbocycles. The normalized spacial score (nSPS) is 13.4. The number of carbonyl (C=O) groups excluding carboxylic acids is 9. The summed E-state index contributed by atoms with van der Waals surface area (Å²) in [5.41, 5.74) is 23.5. The van der Waals surface area contributed by atoms with Crippen molar-refractivity contribution in [2.24, 2.45) is 22.9 Å². The van der Waals surface area contributed by atoms with Gasteiger partial charge < -0.3 is 63.9 Å². The van der Waals surface area contributed by atoms with Gasteiger partial charge in [0.1, 0.15) is 23.9 Å². The molecular formula is C56H79N11O11. The topological polar surface area (TPSA) is 352 Å². The third-order valence-electron chi connectivity index (χ3n) is 12.2. The smallest absolute Gasteiger partial charge is 0.246 e. The lowest BCUT2D eigenvalue weighted by Gasteiger charge is -2.37. The first-order valence-electron chi connectivity index (χ1n) is 26.0. The predicted molar refractivity (Wildman–Crippen MR) is 295 cm³/mol. The van der Waals surface area contributed by atoms with Crippen LogP contribution < -0.4 is 54.3 Å². The number of aryl methyl sites for hydroxylation is 3. The minimum Gasteiger partial charge on any atom is -0.492 e. The number of hydrogen-bond acceptors (Lipinski definition) is 13. The van der Waals surface area contributed by atoms with Crippen LogP contribution in [0.5, 0.6) is 5.75 Å². The van der Waals surface area contributed by atoms with Gasteiger partial charge in [-0.05, 0) is 98.0 Å². The van der Waals surface area contributed by atoms with E-state index in [0.717, 1.165) is 33.2 Å². The van der Waals surface area contributed by atoms with Gasteiger partial charge in [-0.25, -0.2) is 0 Å². The average Bonchev–Trinajstić information content (AvgIpc) is 3.42. The Kier molecular flexibility index (Phi) is 28.6. The van der Waals surface area contributed by atoms with Gasteiger partial charge in [-0.2, -0.15) is 0 Å². The molecule has 22 heteroatoms. The minimum absolute atomic E-state index is 0.0104. The lowest BCUT2D eigenvalue weighted by atomic mass is 9.87. The lowest BCUT2D eigenvalue weighted by Crippen LogP contribution is -2.63. The molecule has 424 valence electrons. The van der Waals surface area contributed by atoms with Gasteiger partial charge in [-0.1, -0.05) is 60.2 Å². The molecule has 1 fully saturated rings. The van der Waals surface area contributed by atoms with Crippen LogP contribution in [0, 0.1) is 6.92 Å². The number of carbonyl (C=O) groups is 9. The van der Waals surface area contributed by atoms with E-state index in [9.17, 15) is 43.2 Å². The standard InChI is InChI=1S/C41H55N7O7.C11H16N2O2.C4H8N2O2/c1-27-9-12-33-23-30(10-13-32(33)21-27)11-14-37(51)48-41(15-19-55-20-16-41)40(54)46-34(8-4-5-18-44-29(3)49)24-38(52)47-35(25-36(42)50)39(53)45-28(2)22-31-7-6-17-43-26-31;12-7-8-15-10-4-1-9(2-5-10)3-6-11(13)14;1-6(3-7)2-4(5)8/h6-7,9-10,12-13,17,21,23,26,28,34-35H,4-5,8,11,14-16,18-20,22,24-25H2,1-3H3,(H2,42,50)(H,44,49)(H,45,53)(H,46,54)(H,47,52)(H,48,51);1-2,4-5H,3,6-8,12H2,(H2,13,14);3H,2H2,1H3,(H2,5,8)/t28?,34?,35-;;/m0../s1. The summed E-state index contributed by atoms with van der Waals surface area (Å²) in [5, 5.41) is 16.5. The van der Waals surface area contributed by atoms with Gasteiger partial charge in [0.2, 0.25) is 53.7 Å². The quantitative estimate of drug-likeness (QED) is 0.0275. The molecule has 1 saturated heterocycles. The molecule has 3 atom stereocenters. The zero-order valence-electron chi connectivity index (χ0n) is 45.3. The maximum Gasteiger partial charge on any atom is 0.246 e. The van der Waals surface area contributed by atoms with Gasteiger partial charge in [0.25, 0.3) is 0 Å². The van der Waals surface area contributed by atoms with E-state index in [2.05, 4.69) is 55.8 Å². The molecule has 1 aliphatic heterocycles. The van der Waals surface area contributed by atoms with Crippen LogP contribution in [0.15, 0.2) is 85.2 Å². The number of likely N-dealkylation sites (N-methyl/N-ethyl adjacent to an activating group) is 1. The SMILES string of the molecule is CC(=O)NCCCCC(CC(=O)N[C@@H](CC(N)=O)C(=O)NC(C)Cc1cccnc1)NC(=O)C1(NC(=O)CCc2ccc3cc(C)ccc3c2)CCOCC1.CN(C=O)CC(N)=O.NCCOc1ccc(CCC(N)=O)cc1. The summed E-state index contributed by atoms with van der Waals surface area (Å²) in [4.78, 5) is 113. The predicted octanol–water partition coefficient (Wildman–Crippen LogP) is 1.43. The van der Waals surface area contributed by atoms with Crippen LogP contribution >= 0.6 is 0 Å². The summed E-state index contributed by atoms with van der Waals surface area (Å²) in [7, 11) is 1.48. The fourth-order valence-corrected chi connectivity index (χ4v) is 8.25. The number of aromatic nitrogens is 1. The monoisotopic (exact) mass is 1080 g/mol. The van der Waals surface area contributed by atoms with Crippen molar-refractivity contribution < 1.29 is 52.6 Å². The summed E-state index contributed by atoms with van der Waals surface area (Å²) < 4.78 is 10.9. The molecule has 0 saturated carbocycles. The molecule has 0 spiro atoms. The number of ether oxygens (including phenoxy) is 2. The summed E-state index contributed by atoms with van der Waals surface area (Å²) in [5.74, 6) is -2.75. The molecule has 2 heterocycles. The number of nitrogens with one attached hydrogen (secondary N) is 5. The number of nitrogens with two attached hydrogens (primary N) is 4. The molecule has 1 aliphatic rings. The molecular weight excluding hydrogens is 1000 g/mol. The second kappa shape index (κ2) is 34.6. The Hall–Kier alpha value is -7.98. The molecule has 5 rings (SSSR count). The first kappa shape index (κ1) is 64.3. The van der Waals surface area contributed by atoms with Crippen molar-refractivity contribution in [3.8, 4) is 5.75 Å². The van der Waals surface area contributed by atoms with E-state index >= 15 is 0 Å². The van der Waals surface area contributed by atoms with E-state index in [1.807, 2.05) is 49.4 Å². The molecule has 0 bridgehead atoms. The van der Waals surface area contributed by atoms with Crippen molar-refractivity contribution in [2.75, 3.05) is 46.5 Å². The highest BCUT2D eigenvalue weighted by Gasteiger charge is 2.42. The zero-order chi connectivity index (χ0) is 57.5. The minimum atomic E-state index is -1.25. The van der Waals surface area contributed by atoms with Crippen molar-refractivity contribution in [1.82, 2.24) is 36.5 Å². The number of unbranched alkanes of at least 4 members (excludes halogenated alkanes) is 1. The number of amides is 9. The van der Waals surface area contributed by atoms with Gasteiger partial charge in [0, 0.05) is 96.9 Å². The maximum atomic E-state index is 14.1. The molecule has 9 amide bonds. The zero-order valence-corrected chi connectivity index (χ0v) is 45.3. The molecule has 1 aromatic heterocycles. The number of nitrogens with zero attached hydrogens (tertiary/aromatic N) is 2. The van der Waals surface area contributed by atoms with E-state index in [4.69, 9.17) is 32.4 Å². The van der Waals surface area contributed by atoms with E-state index in [1.54, 1.807) is 25.4 Å². The third kappa shape index (κ3) is 25.7. The molecule has 4 aromatic rings. The fraction of sp³-hybridized carbons (Fsp3) is 0.464. The molecule has 0 radical (unpaired) electrons. The van der Waals surface area contributed by atoms with Crippen LogP contribution in [-0.2, 0) is 67.2 Å². The first-order chi connectivity index (χ1) is 37.2. The van der Waals surface area contributed by atoms with Gasteiger partial charge in [0.05, 0.1) is 13.0 Å². The highest BCUT2D eigenvalue weighted by Crippen LogP contribution is 2.24. The number of benzene rings is 3. The van der Waals surface area contributed by atoms with Crippen LogP contribution in [0.1, 0.15) is 93.9 Å². The van der Waals surface area contributed by atoms with Crippen LogP contribution in [-0.4, -0.2) is 134 Å². The summed E-state index contributed by atoms with van der Waals surface area (Å²) in [6.45, 7) is 7.24. The number of fused-ring (bicyclic) bond motifs is 1. The summed E-state index contributed by atoms with van der Waals surface area (Å²) >= 11 is 0. The number of primary amides is 3.